The molecule has 0 amide bonds. The quantitative estimate of drug-likeness (QED) is 0.796. The summed E-state index contributed by atoms with van der Waals surface area (Å²) in [4.78, 5) is 5.89. The maximum Gasteiger partial charge on any atom is 0.0454 e. The first-order valence-electron chi connectivity index (χ1n) is 8.34. The van der Waals surface area contributed by atoms with Crippen molar-refractivity contribution in [3.8, 4) is 0 Å². The van der Waals surface area contributed by atoms with Crippen molar-refractivity contribution in [1.82, 2.24) is 15.2 Å². The summed E-state index contributed by atoms with van der Waals surface area (Å²) >= 11 is 0. The topological polar surface area (TPSA) is 31.1 Å². The van der Waals surface area contributed by atoms with Crippen LogP contribution in [-0.4, -0.2) is 35.6 Å². The molecular weight excluding hydrogens is 258 g/mol. The summed E-state index contributed by atoms with van der Waals surface area (Å²) in [5.41, 5.74) is 2.59. The van der Waals surface area contributed by atoms with Crippen LogP contribution in [0.15, 0.2) is 30.5 Å². The largest absolute Gasteiger partial charge is 0.361 e. The van der Waals surface area contributed by atoms with Crippen molar-refractivity contribution in [3.05, 3.63) is 36.0 Å². The molecule has 1 atom stereocenters. The third kappa shape index (κ3) is 3.86. The Hall–Kier alpha value is -1.32. The Morgan fingerprint density at radius 2 is 2.24 bits per heavy atom. The van der Waals surface area contributed by atoms with E-state index in [-0.39, 0.29) is 0 Å². The molecule has 0 spiro atoms. The minimum atomic E-state index is 0.787. The average molecular weight is 285 g/mol. The second-order valence-corrected chi connectivity index (χ2v) is 6.31. The number of aromatic amines is 1. The smallest absolute Gasteiger partial charge is 0.0454 e. The van der Waals surface area contributed by atoms with E-state index in [4.69, 9.17) is 0 Å². The predicted octanol–water partition coefficient (Wildman–Crippen LogP) is 3.52. The molecule has 1 fully saturated rings. The van der Waals surface area contributed by atoms with Gasteiger partial charge in [0.1, 0.15) is 0 Å². The van der Waals surface area contributed by atoms with E-state index in [2.05, 4.69) is 46.4 Å². The molecule has 1 saturated heterocycles. The van der Waals surface area contributed by atoms with E-state index in [0.29, 0.717) is 0 Å². The lowest BCUT2D eigenvalue weighted by atomic mass is 10.0. The lowest BCUT2D eigenvalue weighted by Crippen LogP contribution is -2.38. The molecule has 114 valence electrons. The Kier molecular flexibility index (Phi) is 4.94. The molecule has 1 aliphatic heterocycles. The van der Waals surface area contributed by atoms with Crippen LogP contribution >= 0.6 is 0 Å². The van der Waals surface area contributed by atoms with Gasteiger partial charge in [0.2, 0.25) is 0 Å². The highest BCUT2D eigenvalue weighted by molar-refractivity contribution is 5.79. The molecule has 1 aromatic heterocycles. The number of H-pyrrole nitrogens is 1. The summed E-state index contributed by atoms with van der Waals surface area (Å²) in [6, 6.07) is 9.57. The van der Waals surface area contributed by atoms with E-state index in [1.165, 1.54) is 55.2 Å². The Bertz CT molecular complexity index is 560. The van der Waals surface area contributed by atoms with E-state index >= 15 is 0 Å². The molecule has 0 saturated carbocycles. The third-order valence-electron chi connectivity index (χ3n) is 4.69. The minimum absolute atomic E-state index is 0.787. The molecule has 2 heterocycles. The summed E-state index contributed by atoms with van der Waals surface area (Å²) in [5, 5.41) is 4.88. The van der Waals surface area contributed by atoms with Crippen LogP contribution in [0.5, 0.6) is 0 Å². The van der Waals surface area contributed by atoms with Crippen molar-refractivity contribution in [3.63, 3.8) is 0 Å². The maximum atomic E-state index is 3.58. The molecule has 3 nitrogen and oxygen atoms in total. The number of hydrogen-bond donors (Lipinski definition) is 2. The second kappa shape index (κ2) is 7.10. The van der Waals surface area contributed by atoms with Crippen LogP contribution in [0.3, 0.4) is 0 Å². The molecule has 0 aliphatic carbocycles. The highest BCUT2D eigenvalue weighted by Crippen LogP contribution is 2.16. The van der Waals surface area contributed by atoms with Gasteiger partial charge in [-0.1, -0.05) is 12.5 Å². The van der Waals surface area contributed by atoms with Gasteiger partial charge in [0.25, 0.3) is 0 Å². The third-order valence-corrected chi connectivity index (χ3v) is 4.69. The van der Waals surface area contributed by atoms with Crippen LogP contribution < -0.4 is 5.32 Å². The van der Waals surface area contributed by atoms with Gasteiger partial charge in [-0.05, 0) is 75.0 Å². The molecule has 3 rings (SSSR count). The number of aromatic nitrogens is 1. The van der Waals surface area contributed by atoms with E-state index in [0.717, 1.165) is 19.1 Å². The van der Waals surface area contributed by atoms with Crippen molar-refractivity contribution >= 4 is 10.9 Å². The molecule has 3 heteroatoms. The van der Waals surface area contributed by atoms with E-state index in [9.17, 15) is 0 Å². The SMILES string of the molecule is CC1CCCCN1CCCNCc1ccc2[nH]ccc2c1. The summed E-state index contributed by atoms with van der Waals surface area (Å²) in [6.45, 7) is 6.99. The second-order valence-electron chi connectivity index (χ2n) is 6.31. The lowest BCUT2D eigenvalue weighted by Gasteiger charge is -2.33. The van der Waals surface area contributed by atoms with Crippen molar-refractivity contribution in [2.75, 3.05) is 19.6 Å². The van der Waals surface area contributed by atoms with E-state index in [1.54, 1.807) is 0 Å². The molecule has 0 radical (unpaired) electrons. The zero-order valence-electron chi connectivity index (χ0n) is 13.1. The first-order chi connectivity index (χ1) is 10.3. The van der Waals surface area contributed by atoms with Crippen LogP contribution in [0.25, 0.3) is 10.9 Å². The first kappa shape index (κ1) is 14.6. The molecule has 1 aliphatic rings. The van der Waals surface area contributed by atoms with Gasteiger partial charge in [-0.3, -0.25) is 0 Å². The lowest BCUT2D eigenvalue weighted by molar-refractivity contribution is 0.159. The number of likely N-dealkylation sites (tertiary alicyclic amines) is 1. The van der Waals surface area contributed by atoms with Gasteiger partial charge >= 0.3 is 0 Å². The van der Waals surface area contributed by atoms with Gasteiger partial charge in [0, 0.05) is 24.3 Å². The Morgan fingerprint density at radius 1 is 1.29 bits per heavy atom. The number of benzene rings is 1. The molecule has 1 aromatic carbocycles. The summed E-state index contributed by atoms with van der Waals surface area (Å²) in [7, 11) is 0. The van der Waals surface area contributed by atoms with Crippen molar-refractivity contribution in [1.29, 1.82) is 0 Å². The van der Waals surface area contributed by atoms with E-state index in [1.807, 2.05) is 6.20 Å². The Morgan fingerprint density at radius 3 is 3.14 bits per heavy atom. The number of piperidine rings is 1. The summed E-state index contributed by atoms with van der Waals surface area (Å²) in [5.74, 6) is 0. The molecule has 2 aromatic rings. The number of fused-ring (bicyclic) bond motifs is 1. The van der Waals surface area contributed by atoms with Crippen LogP contribution in [-0.2, 0) is 6.54 Å². The van der Waals surface area contributed by atoms with E-state index < -0.39 is 0 Å². The number of nitrogens with one attached hydrogen (secondary N) is 2. The first-order valence-corrected chi connectivity index (χ1v) is 8.34. The van der Waals surface area contributed by atoms with Crippen molar-refractivity contribution in [2.45, 2.75) is 45.2 Å². The van der Waals surface area contributed by atoms with Gasteiger partial charge in [-0.25, -0.2) is 0 Å². The Labute approximate surface area is 127 Å². The number of rotatable bonds is 6. The van der Waals surface area contributed by atoms with Crippen molar-refractivity contribution in [2.24, 2.45) is 0 Å². The van der Waals surface area contributed by atoms with Gasteiger partial charge in [0.15, 0.2) is 0 Å². The monoisotopic (exact) mass is 285 g/mol. The van der Waals surface area contributed by atoms with Crippen LogP contribution in [0.4, 0.5) is 0 Å². The van der Waals surface area contributed by atoms with Crippen LogP contribution in [0, 0.1) is 0 Å². The average Bonchev–Trinajstić information content (AvgIpc) is 2.96. The van der Waals surface area contributed by atoms with Gasteiger partial charge in [-0.15, -0.1) is 0 Å². The number of hydrogen-bond acceptors (Lipinski definition) is 2. The molecular formula is C18H27N3. The molecule has 1 unspecified atom stereocenters. The predicted molar refractivity (Wildman–Crippen MR) is 89.5 cm³/mol. The summed E-state index contributed by atoms with van der Waals surface area (Å²) < 4.78 is 0. The zero-order valence-corrected chi connectivity index (χ0v) is 13.1. The summed E-state index contributed by atoms with van der Waals surface area (Å²) in [6.07, 6.45) is 7.43. The fourth-order valence-electron chi connectivity index (χ4n) is 3.34. The fourth-order valence-corrected chi connectivity index (χ4v) is 3.34. The van der Waals surface area contributed by atoms with Gasteiger partial charge < -0.3 is 15.2 Å². The van der Waals surface area contributed by atoms with Gasteiger partial charge in [-0.2, -0.15) is 0 Å². The fraction of sp³-hybridized carbons (Fsp3) is 0.556. The van der Waals surface area contributed by atoms with Crippen molar-refractivity contribution < 1.29 is 0 Å². The molecule has 0 bridgehead atoms. The number of nitrogens with zero attached hydrogens (tertiary/aromatic N) is 1. The van der Waals surface area contributed by atoms with Gasteiger partial charge in [0.05, 0.1) is 0 Å². The minimum Gasteiger partial charge on any atom is -0.361 e. The van der Waals surface area contributed by atoms with Crippen LogP contribution in [0.2, 0.25) is 0 Å². The Balaban J connectivity index is 1.37. The molecule has 2 N–H and O–H groups in total. The van der Waals surface area contributed by atoms with Crippen LogP contribution in [0.1, 0.15) is 38.2 Å². The zero-order chi connectivity index (χ0) is 14.5. The highest BCUT2D eigenvalue weighted by Gasteiger charge is 2.16. The standard InChI is InChI=1S/C18H27N3/c1-15-5-2-3-11-21(15)12-4-9-19-14-16-6-7-18-17(13-16)8-10-20-18/h6-8,10,13,15,19-20H,2-5,9,11-12,14H2,1H3. The maximum absolute atomic E-state index is 3.58. The normalized spacial score (nSPS) is 20.1. The highest BCUT2D eigenvalue weighted by atomic mass is 15.2. The molecule has 21 heavy (non-hydrogen) atoms.